The summed E-state index contributed by atoms with van der Waals surface area (Å²) in [6.45, 7) is 0. The summed E-state index contributed by atoms with van der Waals surface area (Å²) in [6, 6.07) is 0. The van der Waals surface area contributed by atoms with Crippen LogP contribution in [0.5, 0.6) is 0 Å². The molecule has 0 saturated carbocycles. The van der Waals surface area contributed by atoms with Crippen LogP contribution in [0.2, 0.25) is 0 Å². The van der Waals surface area contributed by atoms with Crippen molar-refractivity contribution in [3.63, 3.8) is 0 Å². The van der Waals surface area contributed by atoms with E-state index in [-0.39, 0.29) is 11.9 Å². The topological polar surface area (TPSA) is 52.6 Å². The van der Waals surface area contributed by atoms with Gasteiger partial charge in [0, 0.05) is 19.3 Å². The highest BCUT2D eigenvalue weighted by Crippen LogP contribution is 2.18. The Labute approximate surface area is 100 Å². The average Bonchev–Trinajstić information content (AvgIpc) is 2.35. The van der Waals surface area contributed by atoms with E-state index in [1.165, 1.54) is 0 Å². The van der Waals surface area contributed by atoms with Crippen molar-refractivity contribution in [2.24, 2.45) is 0 Å². The maximum absolute atomic E-state index is 11.5. The van der Waals surface area contributed by atoms with Crippen molar-refractivity contribution in [1.29, 1.82) is 0 Å². The van der Waals surface area contributed by atoms with Crippen molar-refractivity contribution >= 4 is 11.9 Å². The van der Waals surface area contributed by atoms with Crippen LogP contribution in [-0.2, 0) is 19.1 Å². The molecule has 0 fully saturated rings. The fraction of sp³-hybridized carbons (Fsp3) is 0.538. The first-order valence-corrected chi connectivity index (χ1v) is 5.96. The highest BCUT2D eigenvalue weighted by Gasteiger charge is 2.27. The summed E-state index contributed by atoms with van der Waals surface area (Å²) in [5.41, 5.74) is 0. The molecule has 0 aromatic rings. The Bertz CT molecular complexity index is 356. The van der Waals surface area contributed by atoms with Gasteiger partial charge in [-0.3, -0.25) is 9.59 Å². The monoisotopic (exact) mass is 236 g/mol. The number of carbonyl (C=O) groups excluding carboxylic acids is 2. The molecular weight excluding hydrogens is 220 g/mol. The molecule has 2 atom stereocenters. The Morgan fingerprint density at radius 2 is 1.65 bits per heavy atom. The number of ether oxygens (including phenoxy) is 2. The molecule has 2 aliphatic rings. The minimum Gasteiger partial charge on any atom is -0.458 e. The summed E-state index contributed by atoms with van der Waals surface area (Å²) in [4.78, 5) is 22.9. The highest BCUT2D eigenvalue weighted by atomic mass is 16.6. The molecule has 0 spiro atoms. The van der Waals surface area contributed by atoms with E-state index < -0.39 is 12.2 Å². The summed E-state index contributed by atoms with van der Waals surface area (Å²) in [6.07, 6.45) is 9.41. The molecule has 92 valence electrons. The lowest BCUT2D eigenvalue weighted by Gasteiger charge is -2.25. The lowest BCUT2D eigenvalue weighted by Crippen LogP contribution is -2.34. The predicted molar refractivity (Wildman–Crippen MR) is 61.1 cm³/mol. The molecule has 0 aromatic carbocycles. The van der Waals surface area contributed by atoms with Gasteiger partial charge >= 0.3 is 11.9 Å². The smallest absolute Gasteiger partial charge is 0.306 e. The number of carbonyl (C=O) groups is 2. The van der Waals surface area contributed by atoms with Gasteiger partial charge in [0.05, 0.1) is 0 Å². The zero-order valence-electron chi connectivity index (χ0n) is 9.63. The number of allylic oxidation sites excluding steroid dienone is 2. The second-order valence-electron chi connectivity index (χ2n) is 4.20. The molecule has 0 aromatic heterocycles. The summed E-state index contributed by atoms with van der Waals surface area (Å²) in [5.74, 6) is -0.471. The van der Waals surface area contributed by atoms with Crippen LogP contribution in [0.4, 0.5) is 0 Å². The van der Waals surface area contributed by atoms with E-state index >= 15 is 0 Å². The first-order valence-electron chi connectivity index (χ1n) is 5.96. The van der Waals surface area contributed by atoms with E-state index in [4.69, 9.17) is 9.47 Å². The van der Waals surface area contributed by atoms with Crippen LogP contribution in [0.25, 0.3) is 0 Å². The van der Waals surface area contributed by atoms with Gasteiger partial charge in [-0.2, -0.15) is 0 Å². The molecular formula is C13H16O4. The van der Waals surface area contributed by atoms with Crippen molar-refractivity contribution in [3.05, 3.63) is 24.3 Å². The minimum atomic E-state index is -0.450. The SMILES string of the molecule is O=C1CC/C=C\[C@H]2OC(=O)CC/C=C\C[C@@H]2O1. The van der Waals surface area contributed by atoms with Crippen molar-refractivity contribution in [3.8, 4) is 0 Å². The van der Waals surface area contributed by atoms with Crippen LogP contribution in [-0.4, -0.2) is 24.1 Å². The molecule has 0 unspecified atom stereocenters. The van der Waals surface area contributed by atoms with Gasteiger partial charge in [-0.1, -0.05) is 18.2 Å². The number of esters is 2. The molecule has 0 saturated heterocycles. The van der Waals surface area contributed by atoms with E-state index in [1.54, 1.807) is 0 Å². The van der Waals surface area contributed by atoms with Gasteiger partial charge < -0.3 is 9.47 Å². The van der Waals surface area contributed by atoms with Crippen molar-refractivity contribution in [2.45, 2.75) is 44.3 Å². The Morgan fingerprint density at radius 3 is 2.47 bits per heavy atom. The Kier molecular flexibility index (Phi) is 3.96. The maximum atomic E-state index is 11.5. The van der Waals surface area contributed by atoms with Crippen molar-refractivity contribution in [1.82, 2.24) is 0 Å². The fourth-order valence-corrected chi connectivity index (χ4v) is 1.91. The zero-order valence-corrected chi connectivity index (χ0v) is 9.63. The van der Waals surface area contributed by atoms with Gasteiger partial charge in [-0.25, -0.2) is 0 Å². The van der Waals surface area contributed by atoms with Crippen LogP contribution in [0.15, 0.2) is 24.3 Å². The number of fused-ring (bicyclic) bond motifs is 1. The van der Waals surface area contributed by atoms with Crippen LogP contribution in [0.1, 0.15) is 32.1 Å². The van der Waals surface area contributed by atoms with E-state index in [1.807, 2.05) is 24.3 Å². The summed E-state index contributed by atoms with van der Waals surface area (Å²) < 4.78 is 10.6. The molecule has 0 radical (unpaired) electrons. The minimum absolute atomic E-state index is 0.229. The predicted octanol–water partition coefficient (Wildman–Crippen LogP) is 1.90. The van der Waals surface area contributed by atoms with Gasteiger partial charge in [0.15, 0.2) is 6.10 Å². The quantitative estimate of drug-likeness (QED) is 0.476. The standard InChI is InChI=1S/C13H16O4/c14-12-8-3-1-2-6-10-11(17-12)7-4-5-9-13(15)16-10/h1-2,4,7,10-11H,3,5-6,8-9H2/b2-1-,7-4-/t10-,11+/m0/s1. The lowest BCUT2D eigenvalue weighted by atomic mass is 10.1. The third kappa shape index (κ3) is 3.44. The van der Waals surface area contributed by atoms with Gasteiger partial charge in [0.2, 0.25) is 0 Å². The molecule has 17 heavy (non-hydrogen) atoms. The first kappa shape index (κ1) is 11.9. The summed E-state index contributed by atoms with van der Waals surface area (Å²) in [7, 11) is 0. The Hall–Kier alpha value is -1.58. The molecule has 2 aliphatic heterocycles. The Balaban J connectivity index is 2.17. The molecule has 0 aliphatic carbocycles. The Morgan fingerprint density at radius 1 is 0.941 bits per heavy atom. The molecule has 0 amide bonds. The van der Waals surface area contributed by atoms with Gasteiger partial charge in [-0.15, -0.1) is 0 Å². The molecule has 2 heterocycles. The zero-order chi connectivity index (χ0) is 12.1. The third-order valence-electron chi connectivity index (χ3n) is 2.81. The van der Waals surface area contributed by atoms with Gasteiger partial charge in [0.1, 0.15) is 6.10 Å². The second-order valence-corrected chi connectivity index (χ2v) is 4.20. The van der Waals surface area contributed by atoms with Crippen LogP contribution in [0.3, 0.4) is 0 Å². The van der Waals surface area contributed by atoms with E-state index in [9.17, 15) is 9.59 Å². The normalized spacial score (nSPS) is 33.6. The van der Waals surface area contributed by atoms with Crippen LogP contribution < -0.4 is 0 Å². The second kappa shape index (κ2) is 5.66. The molecule has 0 bridgehead atoms. The van der Waals surface area contributed by atoms with Crippen LogP contribution >= 0.6 is 0 Å². The van der Waals surface area contributed by atoms with Crippen LogP contribution in [0, 0.1) is 0 Å². The summed E-state index contributed by atoms with van der Waals surface area (Å²) in [5, 5.41) is 0. The lowest BCUT2D eigenvalue weighted by molar-refractivity contribution is -0.164. The average molecular weight is 236 g/mol. The van der Waals surface area contributed by atoms with Gasteiger partial charge in [-0.05, 0) is 18.9 Å². The van der Waals surface area contributed by atoms with Gasteiger partial charge in [0.25, 0.3) is 0 Å². The molecule has 4 heteroatoms. The number of hydrogen-bond acceptors (Lipinski definition) is 4. The largest absolute Gasteiger partial charge is 0.458 e. The molecule has 4 nitrogen and oxygen atoms in total. The van der Waals surface area contributed by atoms with Crippen molar-refractivity contribution < 1.29 is 19.1 Å². The third-order valence-corrected chi connectivity index (χ3v) is 2.81. The number of rotatable bonds is 0. The summed E-state index contributed by atoms with van der Waals surface area (Å²) >= 11 is 0. The van der Waals surface area contributed by atoms with Crippen molar-refractivity contribution in [2.75, 3.05) is 0 Å². The van der Waals surface area contributed by atoms with E-state index in [0.29, 0.717) is 32.1 Å². The van der Waals surface area contributed by atoms with E-state index in [2.05, 4.69) is 0 Å². The first-order chi connectivity index (χ1) is 8.25. The highest BCUT2D eigenvalue weighted by molar-refractivity contribution is 5.71. The molecule has 2 rings (SSSR count). The molecule has 0 N–H and O–H groups in total. The number of hydrogen-bond donors (Lipinski definition) is 0. The maximum Gasteiger partial charge on any atom is 0.306 e. The van der Waals surface area contributed by atoms with E-state index in [0.717, 1.165) is 0 Å². The fourth-order valence-electron chi connectivity index (χ4n) is 1.91.